The number of ether oxygens (including phenoxy) is 2. The van der Waals surface area contributed by atoms with Gasteiger partial charge in [0.15, 0.2) is 0 Å². The molecule has 0 radical (unpaired) electrons. The minimum Gasteiger partial charge on any atom is -0.464 e. The van der Waals surface area contributed by atoms with Gasteiger partial charge in [-0.1, -0.05) is 0 Å². The Balaban J connectivity index is 5.76. The van der Waals surface area contributed by atoms with E-state index >= 15 is 0 Å². The smallest absolute Gasteiger partial charge is 0.339 e. The van der Waals surface area contributed by atoms with E-state index in [1.807, 2.05) is 0 Å². The van der Waals surface area contributed by atoms with Gasteiger partial charge in [-0.05, 0) is 13.8 Å². The Labute approximate surface area is 141 Å². The summed E-state index contributed by atoms with van der Waals surface area (Å²) in [5.41, 5.74) is 0. The fraction of sp³-hybridized carbons (Fsp3) is 0.833. The lowest BCUT2D eigenvalue weighted by molar-refractivity contribution is -0.169. The molecule has 12 heteroatoms. The van der Waals surface area contributed by atoms with Gasteiger partial charge in [0.2, 0.25) is 12.2 Å². The van der Waals surface area contributed by atoms with Crippen LogP contribution < -0.4 is 0 Å². The van der Waals surface area contributed by atoms with E-state index < -0.39 is 39.3 Å². The van der Waals surface area contributed by atoms with E-state index in [1.165, 1.54) is 13.8 Å². The standard InChI is InChI=1S/C12H24O10P2/c1-7-19-11(13)9(21-23(5,15)17-3)10(12(14)20-8-2)22-24(6,16)18-4/h9-10H,7-8H2,1-6H3. The van der Waals surface area contributed by atoms with Crippen LogP contribution in [0.5, 0.6) is 0 Å². The number of esters is 2. The molecule has 0 aliphatic carbocycles. The van der Waals surface area contributed by atoms with Crippen LogP contribution in [0.25, 0.3) is 0 Å². The zero-order valence-corrected chi connectivity index (χ0v) is 16.3. The van der Waals surface area contributed by atoms with Crippen LogP contribution in [0.2, 0.25) is 0 Å². The van der Waals surface area contributed by atoms with Crippen molar-refractivity contribution < 1.29 is 46.3 Å². The van der Waals surface area contributed by atoms with Crippen molar-refractivity contribution in [3.8, 4) is 0 Å². The minimum atomic E-state index is -3.71. The average molecular weight is 390 g/mol. The SMILES string of the molecule is CCOC(=O)C(OP(C)(=O)OC)C(OP(C)(=O)OC)C(=O)OCC. The van der Waals surface area contributed by atoms with E-state index in [-0.39, 0.29) is 13.2 Å². The van der Waals surface area contributed by atoms with Gasteiger partial charge in [-0.25, -0.2) is 9.59 Å². The molecular formula is C12H24O10P2. The molecule has 0 heterocycles. The highest BCUT2D eigenvalue weighted by atomic mass is 31.2. The summed E-state index contributed by atoms with van der Waals surface area (Å²) in [7, 11) is -5.22. The summed E-state index contributed by atoms with van der Waals surface area (Å²) < 4.78 is 53.2. The molecule has 0 amide bonds. The van der Waals surface area contributed by atoms with Crippen LogP contribution in [0.15, 0.2) is 0 Å². The van der Waals surface area contributed by atoms with Crippen LogP contribution >= 0.6 is 15.2 Å². The summed E-state index contributed by atoms with van der Waals surface area (Å²) in [6, 6.07) is 0. The number of carbonyl (C=O) groups is 2. The molecule has 4 unspecified atom stereocenters. The van der Waals surface area contributed by atoms with Crippen molar-refractivity contribution in [3.05, 3.63) is 0 Å². The van der Waals surface area contributed by atoms with E-state index in [4.69, 9.17) is 18.5 Å². The van der Waals surface area contributed by atoms with Crippen LogP contribution in [0.3, 0.4) is 0 Å². The summed E-state index contributed by atoms with van der Waals surface area (Å²) in [5, 5.41) is 0. The van der Waals surface area contributed by atoms with Crippen LogP contribution in [-0.2, 0) is 46.3 Å². The molecule has 0 aliphatic rings. The normalized spacial score (nSPS) is 18.8. The lowest BCUT2D eigenvalue weighted by Gasteiger charge is -2.27. The molecule has 142 valence electrons. The first-order valence-electron chi connectivity index (χ1n) is 7.00. The van der Waals surface area contributed by atoms with Crippen LogP contribution in [-0.4, -0.2) is 64.9 Å². The molecule has 0 fully saturated rings. The van der Waals surface area contributed by atoms with E-state index in [1.54, 1.807) is 0 Å². The Morgan fingerprint density at radius 2 is 1.08 bits per heavy atom. The summed E-state index contributed by atoms with van der Waals surface area (Å²) in [5.74, 6) is -2.10. The topological polar surface area (TPSA) is 124 Å². The number of carbonyl (C=O) groups excluding carboxylic acids is 2. The largest absolute Gasteiger partial charge is 0.464 e. The lowest BCUT2D eigenvalue weighted by Crippen LogP contribution is -2.44. The fourth-order valence-corrected chi connectivity index (χ4v) is 2.78. The predicted molar refractivity (Wildman–Crippen MR) is 84.1 cm³/mol. The molecule has 0 rings (SSSR count). The predicted octanol–water partition coefficient (Wildman–Crippen LogP) is 1.82. The number of rotatable bonds is 11. The Kier molecular flexibility index (Phi) is 9.96. The molecule has 0 N–H and O–H groups in total. The Morgan fingerprint density at radius 1 is 0.792 bits per heavy atom. The van der Waals surface area contributed by atoms with Gasteiger partial charge in [0.05, 0.1) is 13.2 Å². The van der Waals surface area contributed by atoms with Crippen molar-refractivity contribution in [2.45, 2.75) is 26.1 Å². The molecule has 0 saturated heterocycles. The second kappa shape index (κ2) is 10.3. The highest BCUT2D eigenvalue weighted by molar-refractivity contribution is 7.53. The maximum Gasteiger partial charge on any atom is 0.339 e. The summed E-state index contributed by atoms with van der Waals surface area (Å²) >= 11 is 0. The van der Waals surface area contributed by atoms with Crippen molar-refractivity contribution in [1.29, 1.82) is 0 Å². The molecular weight excluding hydrogens is 366 g/mol. The van der Waals surface area contributed by atoms with Gasteiger partial charge in [0.1, 0.15) is 0 Å². The highest BCUT2D eigenvalue weighted by Gasteiger charge is 2.44. The van der Waals surface area contributed by atoms with Crippen molar-refractivity contribution in [2.24, 2.45) is 0 Å². The zero-order valence-electron chi connectivity index (χ0n) is 14.5. The summed E-state index contributed by atoms with van der Waals surface area (Å²) in [4.78, 5) is 24.2. The molecule has 24 heavy (non-hydrogen) atoms. The van der Waals surface area contributed by atoms with E-state index in [0.29, 0.717) is 0 Å². The molecule has 0 spiro atoms. The van der Waals surface area contributed by atoms with Crippen LogP contribution in [0.1, 0.15) is 13.8 Å². The molecule has 0 bridgehead atoms. The van der Waals surface area contributed by atoms with Gasteiger partial charge in [-0.2, -0.15) is 0 Å². The Hall–Kier alpha value is -0.760. The fourth-order valence-electron chi connectivity index (χ4n) is 1.39. The molecule has 0 aromatic heterocycles. The zero-order chi connectivity index (χ0) is 19.0. The second-order valence-electron chi connectivity index (χ2n) is 4.46. The highest BCUT2D eigenvalue weighted by Crippen LogP contribution is 2.48. The first kappa shape index (κ1) is 23.2. The summed E-state index contributed by atoms with van der Waals surface area (Å²) in [6.07, 6.45) is -3.63. The Bertz CT molecular complexity index is 474. The molecule has 0 saturated carbocycles. The maximum atomic E-state index is 12.1. The minimum absolute atomic E-state index is 0.0384. The summed E-state index contributed by atoms with van der Waals surface area (Å²) in [6.45, 7) is 5.15. The van der Waals surface area contributed by atoms with Gasteiger partial charge in [0, 0.05) is 27.5 Å². The van der Waals surface area contributed by atoms with Crippen LogP contribution in [0, 0.1) is 0 Å². The molecule has 4 atom stereocenters. The van der Waals surface area contributed by atoms with E-state index in [2.05, 4.69) is 9.05 Å². The van der Waals surface area contributed by atoms with Gasteiger partial charge in [0.25, 0.3) is 0 Å². The Morgan fingerprint density at radius 3 is 1.29 bits per heavy atom. The molecule has 0 aliphatic heterocycles. The van der Waals surface area contributed by atoms with Crippen molar-refractivity contribution in [3.63, 3.8) is 0 Å². The number of hydrogen-bond donors (Lipinski definition) is 0. The number of hydrogen-bond acceptors (Lipinski definition) is 10. The van der Waals surface area contributed by atoms with Gasteiger partial charge < -0.3 is 18.5 Å². The van der Waals surface area contributed by atoms with E-state index in [9.17, 15) is 18.7 Å². The van der Waals surface area contributed by atoms with Gasteiger partial charge in [-0.3, -0.25) is 18.2 Å². The molecule has 0 aromatic carbocycles. The molecule has 0 aromatic rings. The van der Waals surface area contributed by atoms with Crippen molar-refractivity contribution >= 4 is 27.1 Å². The third-order valence-electron chi connectivity index (χ3n) is 2.59. The first-order valence-corrected chi connectivity index (χ1v) is 11.0. The third-order valence-corrected chi connectivity index (χ3v) is 5.13. The monoisotopic (exact) mass is 390 g/mol. The first-order chi connectivity index (χ1) is 11.0. The van der Waals surface area contributed by atoms with E-state index in [0.717, 1.165) is 27.5 Å². The van der Waals surface area contributed by atoms with Crippen LogP contribution in [0.4, 0.5) is 0 Å². The maximum absolute atomic E-state index is 12.1. The second-order valence-corrected chi connectivity index (χ2v) is 8.70. The third kappa shape index (κ3) is 7.88. The van der Waals surface area contributed by atoms with Gasteiger partial charge >= 0.3 is 27.1 Å². The lowest BCUT2D eigenvalue weighted by atomic mass is 10.2. The van der Waals surface area contributed by atoms with Crippen molar-refractivity contribution in [2.75, 3.05) is 40.8 Å². The molecule has 10 nitrogen and oxygen atoms in total. The average Bonchev–Trinajstić information content (AvgIpc) is 2.51. The van der Waals surface area contributed by atoms with Gasteiger partial charge in [-0.15, -0.1) is 0 Å². The van der Waals surface area contributed by atoms with Crippen molar-refractivity contribution in [1.82, 2.24) is 0 Å². The quantitative estimate of drug-likeness (QED) is 0.381.